The lowest BCUT2D eigenvalue weighted by molar-refractivity contribution is -0.118. The van der Waals surface area contributed by atoms with Crippen LogP contribution in [-0.4, -0.2) is 24.1 Å². The van der Waals surface area contributed by atoms with Gasteiger partial charge in [-0.1, -0.05) is 32.0 Å². The van der Waals surface area contributed by atoms with Gasteiger partial charge in [0.15, 0.2) is 0 Å². The van der Waals surface area contributed by atoms with E-state index in [2.05, 4.69) is 10.6 Å². The molecule has 2 aromatic rings. The predicted octanol–water partition coefficient (Wildman–Crippen LogP) is 4.08. The average molecular weight is 374 g/mol. The second-order valence-electron chi connectivity index (χ2n) is 6.12. The molecule has 0 bridgehead atoms. The molecule has 2 aromatic carbocycles. The summed E-state index contributed by atoms with van der Waals surface area (Å²) in [5.74, 6) is 0.746. The smallest absolute Gasteiger partial charge is 0.251 e. The molecule has 6 heteroatoms. The maximum Gasteiger partial charge on any atom is 0.251 e. The molecule has 0 aliphatic rings. The highest BCUT2D eigenvalue weighted by Gasteiger charge is 2.09. The van der Waals surface area contributed by atoms with Crippen LogP contribution in [0.2, 0.25) is 0 Å². The monoisotopic (exact) mass is 374 g/mol. The van der Waals surface area contributed by atoms with Gasteiger partial charge in [0, 0.05) is 35.2 Å². The van der Waals surface area contributed by atoms with Crippen LogP contribution in [0.1, 0.15) is 29.8 Å². The average Bonchev–Trinajstić information content (AvgIpc) is 2.63. The molecule has 2 rings (SSSR count). The number of carbonyl (C=O) groups excluding carboxylic acids is 2. The summed E-state index contributed by atoms with van der Waals surface area (Å²) in [5.41, 5.74) is 1.87. The van der Waals surface area contributed by atoms with Crippen LogP contribution in [0.3, 0.4) is 0 Å². The summed E-state index contributed by atoms with van der Waals surface area (Å²) in [7, 11) is 0. The van der Waals surface area contributed by atoms with E-state index >= 15 is 0 Å². The van der Waals surface area contributed by atoms with Crippen molar-refractivity contribution in [2.24, 2.45) is 5.92 Å². The highest BCUT2D eigenvalue weighted by atomic mass is 32.2. The van der Waals surface area contributed by atoms with Gasteiger partial charge in [-0.15, -0.1) is 0 Å². The normalized spacial score (nSPS) is 10.6. The minimum Gasteiger partial charge on any atom is -0.351 e. The zero-order valence-electron chi connectivity index (χ0n) is 14.9. The third-order valence-corrected chi connectivity index (χ3v) is 4.69. The Morgan fingerprint density at radius 1 is 1.08 bits per heavy atom. The summed E-state index contributed by atoms with van der Waals surface area (Å²) in [5, 5.41) is 5.62. The molecule has 0 aliphatic heterocycles. The Labute approximate surface area is 157 Å². The molecule has 0 heterocycles. The molecule has 0 unspecified atom stereocenters. The number of amides is 2. The van der Waals surface area contributed by atoms with E-state index in [9.17, 15) is 14.0 Å². The standard InChI is InChI=1S/C20H23FN2O2S/c1-14(2)19(24)23-17-9-7-15(8-10-17)20(25)22-11-12-26-13-16-5-3-4-6-18(16)21/h3-10,14H,11-13H2,1-2H3,(H,22,25)(H,23,24). The Morgan fingerprint density at radius 3 is 2.42 bits per heavy atom. The molecular formula is C20H23FN2O2S. The van der Waals surface area contributed by atoms with Gasteiger partial charge in [-0.25, -0.2) is 4.39 Å². The third kappa shape index (κ3) is 6.19. The van der Waals surface area contributed by atoms with Crippen molar-refractivity contribution in [3.8, 4) is 0 Å². The van der Waals surface area contributed by atoms with E-state index in [-0.39, 0.29) is 23.5 Å². The quantitative estimate of drug-likeness (QED) is 0.685. The van der Waals surface area contributed by atoms with Crippen LogP contribution in [0.15, 0.2) is 48.5 Å². The van der Waals surface area contributed by atoms with Crippen LogP contribution < -0.4 is 10.6 Å². The van der Waals surface area contributed by atoms with Crippen LogP contribution >= 0.6 is 11.8 Å². The maximum absolute atomic E-state index is 13.5. The van der Waals surface area contributed by atoms with Gasteiger partial charge in [-0.05, 0) is 35.9 Å². The van der Waals surface area contributed by atoms with E-state index in [0.717, 1.165) is 0 Å². The molecule has 0 fully saturated rings. The highest BCUT2D eigenvalue weighted by molar-refractivity contribution is 7.98. The van der Waals surface area contributed by atoms with E-state index in [1.807, 2.05) is 19.9 Å². The number of benzene rings is 2. The highest BCUT2D eigenvalue weighted by Crippen LogP contribution is 2.15. The third-order valence-electron chi connectivity index (χ3n) is 3.69. The van der Waals surface area contributed by atoms with Crippen LogP contribution in [0, 0.1) is 11.7 Å². The fourth-order valence-electron chi connectivity index (χ4n) is 2.13. The summed E-state index contributed by atoms with van der Waals surface area (Å²) in [6, 6.07) is 13.5. The SMILES string of the molecule is CC(C)C(=O)Nc1ccc(C(=O)NCCSCc2ccccc2F)cc1. The summed E-state index contributed by atoms with van der Waals surface area (Å²) >= 11 is 1.57. The Hall–Kier alpha value is -2.34. The van der Waals surface area contributed by atoms with Gasteiger partial charge in [0.2, 0.25) is 5.91 Å². The zero-order valence-corrected chi connectivity index (χ0v) is 15.7. The van der Waals surface area contributed by atoms with Gasteiger partial charge in [-0.3, -0.25) is 9.59 Å². The first-order valence-electron chi connectivity index (χ1n) is 8.47. The largest absolute Gasteiger partial charge is 0.351 e. The molecule has 138 valence electrons. The van der Waals surface area contributed by atoms with E-state index in [0.29, 0.717) is 34.9 Å². The molecule has 0 saturated heterocycles. The summed E-state index contributed by atoms with van der Waals surface area (Å²) in [6.07, 6.45) is 0. The zero-order chi connectivity index (χ0) is 18.9. The van der Waals surface area contributed by atoms with Crippen LogP contribution in [0.4, 0.5) is 10.1 Å². The van der Waals surface area contributed by atoms with Gasteiger partial charge in [-0.2, -0.15) is 11.8 Å². The molecule has 26 heavy (non-hydrogen) atoms. The van der Waals surface area contributed by atoms with Crippen molar-refractivity contribution in [3.63, 3.8) is 0 Å². The molecular weight excluding hydrogens is 351 g/mol. The number of rotatable bonds is 8. The Bertz CT molecular complexity index is 748. The fraction of sp³-hybridized carbons (Fsp3) is 0.300. The first kappa shape index (κ1) is 20.0. The topological polar surface area (TPSA) is 58.2 Å². The number of hydrogen-bond donors (Lipinski definition) is 2. The van der Waals surface area contributed by atoms with Crippen LogP contribution in [0.25, 0.3) is 0 Å². The molecule has 4 nitrogen and oxygen atoms in total. The van der Waals surface area contributed by atoms with Crippen molar-refractivity contribution in [1.29, 1.82) is 0 Å². The van der Waals surface area contributed by atoms with Crippen molar-refractivity contribution in [2.75, 3.05) is 17.6 Å². The molecule has 2 N–H and O–H groups in total. The lowest BCUT2D eigenvalue weighted by atomic mass is 10.1. The van der Waals surface area contributed by atoms with Gasteiger partial charge in [0.1, 0.15) is 5.82 Å². The maximum atomic E-state index is 13.5. The Morgan fingerprint density at radius 2 is 1.77 bits per heavy atom. The summed E-state index contributed by atoms with van der Waals surface area (Å²) in [4.78, 5) is 23.7. The lowest BCUT2D eigenvalue weighted by Crippen LogP contribution is -2.25. The fourth-order valence-corrected chi connectivity index (χ4v) is 2.97. The van der Waals surface area contributed by atoms with Crippen molar-refractivity contribution in [1.82, 2.24) is 5.32 Å². The number of thioether (sulfide) groups is 1. The molecule has 0 radical (unpaired) electrons. The molecule has 2 amide bonds. The van der Waals surface area contributed by atoms with Gasteiger partial charge in [0.25, 0.3) is 5.91 Å². The molecule has 0 aliphatic carbocycles. The number of hydrogen-bond acceptors (Lipinski definition) is 3. The number of halogens is 1. The lowest BCUT2D eigenvalue weighted by Gasteiger charge is -2.09. The molecule has 0 spiro atoms. The van der Waals surface area contributed by atoms with Crippen molar-refractivity contribution >= 4 is 29.3 Å². The van der Waals surface area contributed by atoms with Crippen molar-refractivity contribution in [2.45, 2.75) is 19.6 Å². The van der Waals surface area contributed by atoms with Gasteiger partial charge < -0.3 is 10.6 Å². The Kier molecular flexibility index (Phi) is 7.66. The molecule has 0 aromatic heterocycles. The minimum atomic E-state index is -0.200. The molecule has 0 saturated carbocycles. The van der Waals surface area contributed by atoms with E-state index in [1.54, 1.807) is 48.2 Å². The van der Waals surface area contributed by atoms with Crippen molar-refractivity contribution < 1.29 is 14.0 Å². The number of carbonyl (C=O) groups is 2. The first-order chi connectivity index (χ1) is 12.5. The predicted molar refractivity (Wildman–Crippen MR) is 105 cm³/mol. The molecule has 0 atom stereocenters. The Balaban J connectivity index is 1.72. The second kappa shape index (κ2) is 9.97. The number of anilines is 1. The van der Waals surface area contributed by atoms with Crippen LogP contribution in [0.5, 0.6) is 0 Å². The van der Waals surface area contributed by atoms with E-state index in [4.69, 9.17) is 0 Å². The van der Waals surface area contributed by atoms with E-state index < -0.39 is 0 Å². The number of nitrogens with one attached hydrogen (secondary N) is 2. The van der Waals surface area contributed by atoms with Crippen LogP contribution in [-0.2, 0) is 10.5 Å². The summed E-state index contributed by atoms with van der Waals surface area (Å²) in [6.45, 7) is 4.15. The minimum absolute atomic E-state index is 0.0610. The summed E-state index contributed by atoms with van der Waals surface area (Å²) < 4.78 is 13.5. The van der Waals surface area contributed by atoms with E-state index in [1.165, 1.54) is 6.07 Å². The van der Waals surface area contributed by atoms with Gasteiger partial charge >= 0.3 is 0 Å². The second-order valence-corrected chi connectivity index (χ2v) is 7.23. The first-order valence-corrected chi connectivity index (χ1v) is 9.63. The van der Waals surface area contributed by atoms with Gasteiger partial charge in [0.05, 0.1) is 0 Å². The van der Waals surface area contributed by atoms with Crippen molar-refractivity contribution in [3.05, 3.63) is 65.5 Å².